The Morgan fingerprint density at radius 1 is 1.18 bits per heavy atom. The number of alkyl halides is 1. The number of benzene rings is 1. The van der Waals surface area contributed by atoms with Crippen LogP contribution in [-0.2, 0) is 11.2 Å². The van der Waals surface area contributed by atoms with Crippen molar-refractivity contribution in [2.24, 2.45) is 5.92 Å². The Bertz CT molecular complexity index is 937. The highest BCUT2D eigenvalue weighted by Gasteiger charge is 2.21. The number of carbonyl (C=O) groups is 1. The lowest BCUT2D eigenvalue weighted by atomic mass is 9.94. The topological polar surface area (TPSA) is 85.6 Å². The maximum Gasteiger partial charge on any atom is 0.229 e. The van der Waals surface area contributed by atoms with Crippen molar-refractivity contribution in [3.05, 3.63) is 60.1 Å². The minimum atomic E-state index is -0.942. The summed E-state index contributed by atoms with van der Waals surface area (Å²) in [5.41, 5.74) is 1.12. The van der Waals surface area contributed by atoms with Gasteiger partial charge in [0, 0.05) is 11.8 Å². The van der Waals surface area contributed by atoms with E-state index in [1.54, 1.807) is 6.07 Å². The van der Waals surface area contributed by atoms with Crippen LogP contribution in [0.15, 0.2) is 42.9 Å². The van der Waals surface area contributed by atoms with Crippen LogP contribution in [0.2, 0.25) is 0 Å². The van der Waals surface area contributed by atoms with Gasteiger partial charge >= 0.3 is 0 Å². The smallest absolute Gasteiger partial charge is 0.229 e. The van der Waals surface area contributed by atoms with E-state index in [0.717, 1.165) is 12.1 Å². The monoisotopic (exact) mass is 406 g/mol. The molecule has 0 radical (unpaired) electrons. The lowest BCUT2D eigenvalue weighted by Gasteiger charge is -2.15. The van der Waals surface area contributed by atoms with Gasteiger partial charge in [0.05, 0.1) is 18.6 Å². The number of halogens is 3. The molecule has 28 heavy (non-hydrogen) atoms. The van der Waals surface area contributed by atoms with Crippen LogP contribution in [0.3, 0.4) is 0 Å². The van der Waals surface area contributed by atoms with Gasteiger partial charge in [0.25, 0.3) is 0 Å². The average molecular weight is 407 g/mol. The first-order chi connectivity index (χ1) is 13.6. The van der Waals surface area contributed by atoms with E-state index >= 15 is 0 Å². The van der Waals surface area contributed by atoms with E-state index in [2.05, 4.69) is 25.7 Å². The highest BCUT2D eigenvalue weighted by molar-refractivity contribution is 6.17. The van der Waals surface area contributed by atoms with Gasteiger partial charge in [-0.3, -0.25) is 4.79 Å². The molecule has 0 saturated carbocycles. The number of nitrogens with zero attached hydrogens (tertiary/aromatic N) is 5. The molecule has 7 nitrogen and oxygen atoms in total. The first-order valence-corrected chi connectivity index (χ1v) is 9.10. The summed E-state index contributed by atoms with van der Waals surface area (Å²) in [7, 11) is 0. The zero-order valence-corrected chi connectivity index (χ0v) is 15.5. The average Bonchev–Trinajstić information content (AvgIpc) is 3.17. The van der Waals surface area contributed by atoms with Crippen LogP contribution in [0.4, 0.5) is 14.6 Å². The van der Waals surface area contributed by atoms with Crippen LogP contribution in [-0.4, -0.2) is 37.0 Å². The molecule has 0 saturated heterocycles. The first-order valence-electron chi connectivity index (χ1n) is 8.57. The van der Waals surface area contributed by atoms with E-state index in [1.807, 2.05) is 0 Å². The zero-order valence-electron chi connectivity index (χ0n) is 14.7. The standard InChI is InChI=1S/C18H17ClF2N6O/c19-6-1-2-13(8-12-3-4-15(20)16(21)9-12)18(28)25-17-11-24-27(26-17)14-5-7-22-23-10-14/h3-5,7,9-11,13H,1-2,6,8H2,(H,25,26,28). The summed E-state index contributed by atoms with van der Waals surface area (Å²) in [5.74, 6) is -1.98. The molecule has 1 N–H and O–H groups in total. The Balaban J connectivity index is 1.70. The molecule has 0 fully saturated rings. The van der Waals surface area contributed by atoms with E-state index in [4.69, 9.17) is 11.6 Å². The molecule has 1 unspecified atom stereocenters. The molecule has 0 bridgehead atoms. The van der Waals surface area contributed by atoms with E-state index in [-0.39, 0.29) is 18.1 Å². The van der Waals surface area contributed by atoms with E-state index in [1.165, 1.54) is 29.5 Å². The van der Waals surface area contributed by atoms with Crippen molar-refractivity contribution in [2.75, 3.05) is 11.2 Å². The van der Waals surface area contributed by atoms with Gasteiger partial charge in [0.15, 0.2) is 17.5 Å². The number of amides is 1. The van der Waals surface area contributed by atoms with Gasteiger partial charge in [-0.1, -0.05) is 6.07 Å². The van der Waals surface area contributed by atoms with Crippen LogP contribution in [0.5, 0.6) is 0 Å². The minimum absolute atomic E-state index is 0.252. The molecule has 3 rings (SSSR count). The molecule has 2 aromatic heterocycles. The van der Waals surface area contributed by atoms with Crippen LogP contribution in [0.25, 0.3) is 5.69 Å². The predicted octanol–water partition coefficient (Wildman–Crippen LogP) is 3.15. The first kappa shape index (κ1) is 19.8. The molecule has 2 heterocycles. The number of anilines is 1. The maximum atomic E-state index is 13.5. The number of carbonyl (C=O) groups excluding carboxylic acids is 1. The lowest BCUT2D eigenvalue weighted by molar-refractivity contribution is -0.120. The largest absolute Gasteiger partial charge is 0.308 e. The van der Waals surface area contributed by atoms with Crippen LogP contribution in [0.1, 0.15) is 18.4 Å². The third kappa shape index (κ3) is 5.07. The van der Waals surface area contributed by atoms with Crippen molar-refractivity contribution in [1.82, 2.24) is 25.2 Å². The molecule has 1 aromatic carbocycles. The van der Waals surface area contributed by atoms with E-state index < -0.39 is 17.6 Å². The molecule has 0 aliphatic carbocycles. The van der Waals surface area contributed by atoms with Gasteiger partial charge in [-0.05, 0) is 43.0 Å². The number of hydrogen-bond acceptors (Lipinski definition) is 5. The Hall–Kier alpha value is -2.94. The fourth-order valence-electron chi connectivity index (χ4n) is 2.68. The number of hydrogen-bond donors (Lipinski definition) is 1. The highest BCUT2D eigenvalue weighted by Crippen LogP contribution is 2.19. The molecule has 10 heteroatoms. The summed E-state index contributed by atoms with van der Waals surface area (Å²) >= 11 is 5.75. The predicted molar refractivity (Wildman–Crippen MR) is 99.1 cm³/mol. The van der Waals surface area contributed by atoms with Gasteiger partial charge in [0.2, 0.25) is 5.91 Å². The van der Waals surface area contributed by atoms with E-state index in [0.29, 0.717) is 30.0 Å². The summed E-state index contributed by atoms with van der Waals surface area (Å²) in [4.78, 5) is 14.0. The summed E-state index contributed by atoms with van der Waals surface area (Å²) in [6, 6.07) is 5.29. The molecule has 3 aromatic rings. The lowest BCUT2D eigenvalue weighted by Crippen LogP contribution is -2.25. The van der Waals surface area contributed by atoms with Gasteiger partial charge < -0.3 is 5.32 Å². The van der Waals surface area contributed by atoms with Crippen LogP contribution in [0, 0.1) is 17.6 Å². The number of nitrogens with one attached hydrogen (secondary N) is 1. The second-order valence-corrected chi connectivity index (χ2v) is 6.47. The zero-order chi connectivity index (χ0) is 19.9. The molecule has 0 aliphatic rings. The van der Waals surface area contributed by atoms with Crippen molar-refractivity contribution >= 4 is 23.3 Å². The Labute approximate surface area is 164 Å². The second kappa shape index (κ2) is 9.32. The molecular formula is C18H17ClF2N6O. The van der Waals surface area contributed by atoms with Crippen LogP contribution >= 0.6 is 11.6 Å². The quantitative estimate of drug-likeness (QED) is 0.581. The van der Waals surface area contributed by atoms with Crippen molar-refractivity contribution in [3.63, 3.8) is 0 Å². The Morgan fingerprint density at radius 3 is 2.75 bits per heavy atom. The SMILES string of the molecule is O=C(Nc1cnn(-c2ccnnc2)n1)C(CCCCl)Cc1ccc(F)c(F)c1. The number of rotatable bonds is 8. The molecule has 146 valence electrons. The molecule has 1 amide bonds. The maximum absolute atomic E-state index is 13.5. The molecule has 0 aliphatic heterocycles. The highest BCUT2D eigenvalue weighted by atomic mass is 35.5. The Kier molecular flexibility index (Phi) is 6.59. The van der Waals surface area contributed by atoms with Gasteiger partial charge in [-0.2, -0.15) is 15.3 Å². The third-order valence-corrected chi connectivity index (χ3v) is 4.33. The molecule has 1 atom stereocenters. The molecule has 0 spiro atoms. The fourth-order valence-corrected chi connectivity index (χ4v) is 2.83. The van der Waals surface area contributed by atoms with Gasteiger partial charge in [-0.25, -0.2) is 8.78 Å². The van der Waals surface area contributed by atoms with Gasteiger partial charge in [0.1, 0.15) is 5.69 Å². The molecular weight excluding hydrogens is 390 g/mol. The Morgan fingerprint density at radius 2 is 2.04 bits per heavy atom. The van der Waals surface area contributed by atoms with Crippen molar-refractivity contribution in [2.45, 2.75) is 19.3 Å². The third-order valence-electron chi connectivity index (χ3n) is 4.07. The minimum Gasteiger partial charge on any atom is -0.308 e. The number of aromatic nitrogens is 5. The van der Waals surface area contributed by atoms with Crippen molar-refractivity contribution < 1.29 is 13.6 Å². The van der Waals surface area contributed by atoms with E-state index in [9.17, 15) is 13.6 Å². The summed E-state index contributed by atoms with van der Waals surface area (Å²) in [5, 5.41) is 18.4. The summed E-state index contributed by atoms with van der Waals surface area (Å²) < 4.78 is 26.6. The fraction of sp³-hybridized carbons (Fsp3) is 0.278. The summed E-state index contributed by atoms with van der Waals surface area (Å²) in [6.07, 6.45) is 5.76. The normalized spacial score (nSPS) is 12.0. The van der Waals surface area contributed by atoms with Crippen molar-refractivity contribution in [1.29, 1.82) is 0 Å². The van der Waals surface area contributed by atoms with Crippen molar-refractivity contribution in [3.8, 4) is 5.69 Å². The summed E-state index contributed by atoms with van der Waals surface area (Å²) in [6.45, 7) is 0. The van der Waals surface area contributed by atoms with Gasteiger partial charge in [-0.15, -0.1) is 21.5 Å². The second-order valence-electron chi connectivity index (χ2n) is 6.09. The van der Waals surface area contributed by atoms with Crippen LogP contribution < -0.4 is 5.32 Å².